The first-order valence-electron chi connectivity index (χ1n) is 18.4. The summed E-state index contributed by atoms with van der Waals surface area (Å²) in [5.74, 6) is -0.121. The lowest BCUT2D eigenvalue weighted by Gasteiger charge is -2.63. The zero-order valence-corrected chi connectivity index (χ0v) is 29.0. The number of ketones is 1. The number of aliphatic hydroxyl groups excluding tert-OH is 6. The van der Waals surface area contributed by atoms with Gasteiger partial charge in [0, 0.05) is 16.9 Å². The average Bonchev–Trinajstić information content (AvgIpc) is 3.64. The van der Waals surface area contributed by atoms with Gasteiger partial charge in [0.05, 0.1) is 24.4 Å². The average molecular weight is 711 g/mol. The van der Waals surface area contributed by atoms with Crippen molar-refractivity contribution < 1.29 is 69.0 Å². The summed E-state index contributed by atoms with van der Waals surface area (Å²) in [6.07, 6.45) is -6.52. The number of carbonyl (C=O) groups excluding carboxylic acids is 2. The molecule has 50 heavy (non-hydrogen) atoms. The molecule has 0 radical (unpaired) electrons. The number of hydrogen-bond donors (Lipinski definition) is 7. The molecule has 4 saturated carbocycles. The molecule has 18 atom stereocenters. The van der Waals surface area contributed by atoms with Crippen molar-refractivity contribution in [1.29, 1.82) is 0 Å². The van der Waals surface area contributed by atoms with Crippen LogP contribution in [-0.4, -0.2) is 134 Å². The van der Waals surface area contributed by atoms with Crippen LogP contribution in [0.2, 0.25) is 0 Å². The molecule has 0 aromatic carbocycles. The van der Waals surface area contributed by atoms with Crippen LogP contribution in [0.1, 0.15) is 78.6 Å². The van der Waals surface area contributed by atoms with Gasteiger partial charge in [-0.1, -0.05) is 6.92 Å². The van der Waals surface area contributed by atoms with Gasteiger partial charge in [-0.2, -0.15) is 0 Å². The lowest BCUT2D eigenvalue weighted by molar-refractivity contribution is -0.360. The number of carbonyl (C=O) groups is 2. The molecule has 6 fully saturated rings. The molecular formula is C36H54O14. The van der Waals surface area contributed by atoms with Crippen LogP contribution in [0.15, 0.2) is 11.6 Å². The summed E-state index contributed by atoms with van der Waals surface area (Å²) < 4.78 is 28.7. The van der Waals surface area contributed by atoms with E-state index in [0.717, 1.165) is 37.7 Å². The van der Waals surface area contributed by atoms with E-state index < -0.39 is 84.4 Å². The zero-order chi connectivity index (χ0) is 35.9. The summed E-state index contributed by atoms with van der Waals surface area (Å²) in [5.41, 5.74) is -0.991. The molecule has 2 saturated heterocycles. The van der Waals surface area contributed by atoms with Crippen LogP contribution in [-0.2, 0) is 33.3 Å². The van der Waals surface area contributed by atoms with E-state index in [1.54, 1.807) is 19.9 Å². The third-order valence-electron chi connectivity index (χ3n) is 14.3. The van der Waals surface area contributed by atoms with Gasteiger partial charge in [-0.3, -0.25) is 4.79 Å². The highest BCUT2D eigenvalue weighted by Crippen LogP contribution is 2.70. The number of ether oxygens (including phenoxy) is 5. The van der Waals surface area contributed by atoms with Crippen LogP contribution in [0.4, 0.5) is 0 Å². The number of Topliss-reactive ketones (excluding diaryl/α,β-unsaturated/α-hetero) is 1. The van der Waals surface area contributed by atoms with Crippen LogP contribution in [0, 0.1) is 34.5 Å². The van der Waals surface area contributed by atoms with Gasteiger partial charge >= 0.3 is 5.97 Å². The predicted molar refractivity (Wildman–Crippen MR) is 171 cm³/mol. The van der Waals surface area contributed by atoms with E-state index in [0.29, 0.717) is 25.7 Å². The van der Waals surface area contributed by atoms with E-state index in [-0.39, 0.29) is 48.1 Å². The number of hydrogen-bond acceptors (Lipinski definition) is 14. The third kappa shape index (κ3) is 5.55. The second-order valence-corrected chi connectivity index (χ2v) is 16.4. The summed E-state index contributed by atoms with van der Waals surface area (Å²) in [4.78, 5) is 25.7. The molecule has 0 amide bonds. The Balaban J connectivity index is 1.02. The maximum Gasteiger partial charge on any atom is 0.331 e. The van der Waals surface area contributed by atoms with Crippen molar-refractivity contribution in [1.82, 2.24) is 0 Å². The number of aliphatic hydroxyl groups is 7. The SMILES string of the molecule is CC(=O)[C@]12CC[C@H](O[C@@H]3O[C@H](C)[C@@H](O[C@@H]4O[C@H](CO)[C@@H](O)[C@H](O)[C@H]4O)[C@@H](O)[C@H]3O)CC1CCC1C2CC[C@]2(C)[C@@H](C3=CC(=O)OC3)CC[C@]12O. The van der Waals surface area contributed by atoms with Crippen molar-refractivity contribution in [2.75, 3.05) is 13.2 Å². The Hall–Kier alpha value is -1.56. The number of fused-ring (bicyclic) bond motifs is 5. The molecule has 0 bridgehead atoms. The minimum Gasteiger partial charge on any atom is -0.458 e. The largest absolute Gasteiger partial charge is 0.458 e. The molecular weight excluding hydrogens is 656 g/mol. The van der Waals surface area contributed by atoms with Gasteiger partial charge in [0.2, 0.25) is 0 Å². The van der Waals surface area contributed by atoms with Crippen molar-refractivity contribution >= 4 is 11.8 Å². The summed E-state index contributed by atoms with van der Waals surface area (Å²) in [6, 6.07) is 0. The third-order valence-corrected chi connectivity index (χ3v) is 14.3. The van der Waals surface area contributed by atoms with Gasteiger partial charge in [-0.25, -0.2) is 4.79 Å². The van der Waals surface area contributed by atoms with Crippen molar-refractivity contribution in [2.24, 2.45) is 34.5 Å². The molecule has 4 aliphatic carbocycles. The van der Waals surface area contributed by atoms with E-state index in [1.807, 2.05) is 0 Å². The van der Waals surface area contributed by atoms with E-state index >= 15 is 0 Å². The lowest BCUT2D eigenvalue weighted by atomic mass is 9.42. The Morgan fingerprint density at radius 2 is 1.60 bits per heavy atom. The Morgan fingerprint density at radius 3 is 2.28 bits per heavy atom. The lowest BCUT2D eigenvalue weighted by Crippen LogP contribution is -2.65. The number of esters is 1. The topological polar surface area (TPSA) is 222 Å². The van der Waals surface area contributed by atoms with E-state index in [1.165, 1.54) is 0 Å². The van der Waals surface area contributed by atoms with Gasteiger partial charge in [0.1, 0.15) is 55.1 Å². The summed E-state index contributed by atoms with van der Waals surface area (Å²) in [7, 11) is 0. The summed E-state index contributed by atoms with van der Waals surface area (Å²) in [5, 5.41) is 74.9. The zero-order valence-electron chi connectivity index (χ0n) is 29.0. The second-order valence-electron chi connectivity index (χ2n) is 16.4. The van der Waals surface area contributed by atoms with Crippen LogP contribution in [0.5, 0.6) is 0 Å². The molecule has 7 rings (SSSR count). The van der Waals surface area contributed by atoms with Crippen molar-refractivity contribution in [3.8, 4) is 0 Å². The fraction of sp³-hybridized carbons (Fsp3) is 0.889. The standard InChI is InChI=1S/C36H54O14/c1-16-31(50-33-29(43)27(41)26(40)24(14-37)49-33)28(42)30(44)32(47-16)48-20-6-10-35(17(2)38)19(13-20)4-5-23-22(35)7-9-34(3)21(8-11-36(23,34)45)18-12-25(39)46-15-18/h12,16,19-24,26-33,37,40-45H,4-11,13-15H2,1-3H3/t16-,19?,20+,21-,22?,23?,24-,26-,27+,28+,29-,30-,31-,32+,33+,34-,35-,36+/m1/s1. The van der Waals surface area contributed by atoms with E-state index in [4.69, 9.17) is 23.7 Å². The normalized spacial score (nSPS) is 53.5. The fourth-order valence-electron chi connectivity index (χ4n) is 11.7. The van der Waals surface area contributed by atoms with E-state index in [2.05, 4.69) is 6.92 Å². The van der Waals surface area contributed by atoms with Gasteiger partial charge in [0.25, 0.3) is 0 Å². The Labute approximate surface area is 291 Å². The maximum absolute atomic E-state index is 13.8. The highest BCUT2D eigenvalue weighted by molar-refractivity contribution is 5.85. The minimum absolute atomic E-state index is 0.0130. The molecule has 7 N–H and O–H groups in total. The van der Waals surface area contributed by atoms with Crippen LogP contribution in [0.3, 0.4) is 0 Å². The van der Waals surface area contributed by atoms with Crippen molar-refractivity contribution in [3.05, 3.63) is 11.6 Å². The molecule has 3 unspecified atom stereocenters. The predicted octanol–water partition coefficient (Wildman–Crippen LogP) is -0.151. The van der Waals surface area contributed by atoms with Gasteiger partial charge in [-0.05, 0) is 101 Å². The maximum atomic E-state index is 13.8. The molecule has 14 heteroatoms. The number of cyclic esters (lactones) is 1. The summed E-state index contributed by atoms with van der Waals surface area (Å²) in [6.45, 7) is 5.08. The van der Waals surface area contributed by atoms with Gasteiger partial charge in [-0.15, -0.1) is 0 Å². The van der Waals surface area contributed by atoms with Crippen molar-refractivity contribution in [3.63, 3.8) is 0 Å². The van der Waals surface area contributed by atoms with Crippen LogP contribution in [0.25, 0.3) is 0 Å². The van der Waals surface area contributed by atoms with Gasteiger partial charge < -0.3 is 59.4 Å². The van der Waals surface area contributed by atoms with Gasteiger partial charge in [0.15, 0.2) is 12.6 Å². The first-order valence-corrected chi connectivity index (χ1v) is 18.4. The highest BCUT2D eigenvalue weighted by Gasteiger charge is 2.69. The Kier molecular flexibility index (Phi) is 9.84. The molecule has 7 aliphatic rings. The molecule has 0 spiro atoms. The second kappa shape index (κ2) is 13.4. The molecule has 3 aliphatic heterocycles. The number of rotatable bonds is 7. The molecule has 282 valence electrons. The van der Waals surface area contributed by atoms with Crippen LogP contribution < -0.4 is 0 Å². The molecule has 3 heterocycles. The minimum atomic E-state index is -1.68. The molecule has 14 nitrogen and oxygen atoms in total. The van der Waals surface area contributed by atoms with E-state index in [9.17, 15) is 45.3 Å². The Bertz CT molecular complexity index is 1340. The molecule has 0 aromatic rings. The molecule has 0 aromatic heterocycles. The van der Waals surface area contributed by atoms with Crippen LogP contribution >= 0.6 is 0 Å². The summed E-state index contributed by atoms with van der Waals surface area (Å²) >= 11 is 0. The highest BCUT2D eigenvalue weighted by atomic mass is 16.7. The monoisotopic (exact) mass is 710 g/mol. The Morgan fingerprint density at radius 1 is 0.880 bits per heavy atom. The first-order chi connectivity index (χ1) is 23.7. The smallest absolute Gasteiger partial charge is 0.331 e. The fourth-order valence-corrected chi connectivity index (χ4v) is 11.7. The quantitative estimate of drug-likeness (QED) is 0.135. The first kappa shape index (κ1) is 36.8. The van der Waals surface area contributed by atoms with Crippen molar-refractivity contribution in [2.45, 2.75) is 152 Å².